The summed E-state index contributed by atoms with van der Waals surface area (Å²) in [4.78, 5) is 4.24. The number of hydrogen-bond acceptors (Lipinski definition) is 4. The second-order valence-corrected chi connectivity index (χ2v) is 6.98. The van der Waals surface area contributed by atoms with Crippen LogP contribution in [0.1, 0.15) is 0 Å². The fourth-order valence-corrected chi connectivity index (χ4v) is 3.39. The third-order valence-electron chi connectivity index (χ3n) is 4.91. The van der Waals surface area contributed by atoms with Gasteiger partial charge in [-0.15, -0.1) is 0 Å². The first-order valence-electron chi connectivity index (χ1n) is 9.91. The van der Waals surface area contributed by atoms with Crippen molar-refractivity contribution < 1.29 is 9.84 Å². The minimum Gasteiger partial charge on any atom is -0.493 e. The minimum atomic E-state index is 0.0411. The lowest BCUT2D eigenvalue weighted by Gasteiger charge is -2.11. The van der Waals surface area contributed by atoms with Gasteiger partial charge in [0.2, 0.25) is 5.88 Å². The molecule has 5 heteroatoms. The molecule has 0 bridgehead atoms. The molecule has 3 aromatic carbocycles. The minimum absolute atomic E-state index is 0.0411. The van der Waals surface area contributed by atoms with Crippen LogP contribution in [-0.4, -0.2) is 19.9 Å². The van der Waals surface area contributed by atoms with E-state index in [1.54, 1.807) is 18.3 Å². The van der Waals surface area contributed by atoms with Gasteiger partial charge in [-0.1, -0.05) is 66.7 Å². The Morgan fingerprint density at radius 1 is 0.710 bits per heavy atom. The Bertz CT molecular complexity index is 1300. The number of para-hydroxylation sites is 2. The van der Waals surface area contributed by atoms with Gasteiger partial charge in [-0.05, 0) is 35.9 Å². The number of nitrogens with zero attached hydrogens (tertiary/aromatic N) is 3. The number of benzene rings is 3. The molecule has 0 saturated carbocycles. The molecular weight excluding hydrogens is 386 g/mol. The molecule has 0 spiro atoms. The maximum atomic E-state index is 10.3. The van der Waals surface area contributed by atoms with Crippen LogP contribution in [0, 0.1) is 0 Å². The van der Waals surface area contributed by atoms with Crippen molar-refractivity contribution in [2.45, 2.75) is 0 Å². The molecule has 5 nitrogen and oxygen atoms in total. The van der Waals surface area contributed by atoms with Crippen molar-refractivity contribution in [3.63, 3.8) is 0 Å². The van der Waals surface area contributed by atoms with E-state index in [0.717, 1.165) is 28.2 Å². The second kappa shape index (κ2) is 8.16. The molecule has 0 aliphatic rings. The number of rotatable bonds is 5. The van der Waals surface area contributed by atoms with Crippen LogP contribution in [0.25, 0.3) is 28.2 Å². The molecule has 0 fully saturated rings. The SMILES string of the molecule is Oc1cc(-c2ccc(-c3ccccc3Oc3ccccc3)cc2)nn1-c1ccccn1. The largest absolute Gasteiger partial charge is 0.493 e. The van der Waals surface area contributed by atoms with Crippen LogP contribution in [0.2, 0.25) is 0 Å². The fraction of sp³-hybridized carbons (Fsp3) is 0. The molecule has 2 aromatic heterocycles. The standard InChI is InChI=1S/C26H19N3O2/c30-26-18-23(28-29(26)25-12-6-7-17-27-25)20-15-13-19(14-16-20)22-10-4-5-11-24(22)31-21-8-2-1-3-9-21/h1-18,30H. The van der Waals surface area contributed by atoms with Gasteiger partial charge in [-0.3, -0.25) is 0 Å². The molecule has 0 aliphatic heterocycles. The zero-order chi connectivity index (χ0) is 21.0. The molecule has 1 N–H and O–H groups in total. The molecule has 5 aromatic rings. The van der Waals surface area contributed by atoms with Crippen LogP contribution in [0.5, 0.6) is 17.4 Å². The molecule has 0 saturated heterocycles. The Balaban J connectivity index is 1.44. The lowest BCUT2D eigenvalue weighted by molar-refractivity contribution is 0.432. The van der Waals surface area contributed by atoms with E-state index >= 15 is 0 Å². The van der Waals surface area contributed by atoms with E-state index in [1.807, 2.05) is 91.0 Å². The number of aromatic hydroxyl groups is 1. The first kappa shape index (κ1) is 18.6. The summed E-state index contributed by atoms with van der Waals surface area (Å²) in [6.07, 6.45) is 1.67. The smallest absolute Gasteiger partial charge is 0.216 e. The first-order chi connectivity index (χ1) is 15.3. The summed E-state index contributed by atoms with van der Waals surface area (Å²) in [5.41, 5.74) is 3.60. The van der Waals surface area contributed by atoms with Gasteiger partial charge in [-0.25, -0.2) is 4.98 Å². The monoisotopic (exact) mass is 405 g/mol. The summed E-state index contributed by atoms with van der Waals surface area (Å²) in [6.45, 7) is 0. The van der Waals surface area contributed by atoms with Gasteiger partial charge in [0.05, 0.1) is 5.69 Å². The molecule has 150 valence electrons. The van der Waals surface area contributed by atoms with Crippen LogP contribution in [0.15, 0.2) is 109 Å². The zero-order valence-electron chi connectivity index (χ0n) is 16.6. The highest BCUT2D eigenvalue weighted by molar-refractivity contribution is 5.73. The normalized spacial score (nSPS) is 10.7. The van der Waals surface area contributed by atoms with E-state index in [1.165, 1.54) is 4.68 Å². The third-order valence-corrected chi connectivity index (χ3v) is 4.91. The Kier molecular flexibility index (Phi) is 4.91. The van der Waals surface area contributed by atoms with E-state index in [9.17, 15) is 5.11 Å². The van der Waals surface area contributed by atoms with Gasteiger partial charge < -0.3 is 9.84 Å². The van der Waals surface area contributed by atoms with Crippen LogP contribution in [0.4, 0.5) is 0 Å². The summed E-state index contributed by atoms with van der Waals surface area (Å²) in [6, 6.07) is 32.8. The van der Waals surface area contributed by atoms with Crippen molar-refractivity contribution in [2.75, 3.05) is 0 Å². The van der Waals surface area contributed by atoms with Gasteiger partial charge in [0.15, 0.2) is 5.82 Å². The highest BCUT2D eigenvalue weighted by atomic mass is 16.5. The van der Waals surface area contributed by atoms with Crippen molar-refractivity contribution in [1.29, 1.82) is 0 Å². The van der Waals surface area contributed by atoms with Crippen molar-refractivity contribution in [1.82, 2.24) is 14.8 Å². The summed E-state index contributed by atoms with van der Waals surface area (Å²) in [5, 5.41) is 14.8. The predicted octanol–water partition coefficient (Wildman–Crippen LogP) is 6.10. The van der Waals surface area contributed by atoms with Crippen molar-refractivity contribution >= 4 is 0 Å². The van der Waals surface area contributed by atoms with E-state index in [4.69, 9.17) is 4.74 Å². The lowest BCUT2D eigenvalue weighted by atomic mass is 10.0. The highest BCUT2D eigenvalue weighted by Gasteiger charge is 2.12. The number of hydrogen-bond donors (Lipinski definition) is 1. The van der Waals surface area contributed by atoms with E-state index < -0.39 is 0 Å². The predicted molar refractivity (Wildman–Crippen MR) is 120 cm³/mol. The Morgan fingerprint density at radius 2 is 1.42 bits per heavy atom. The maximum absolute atomic E-state index is 10.3. The summed E-state index contributed by atoms with van der Waals surface area (Å²) < 4.78 is 7.51. The highest BCUT2D eigenvalue weighted by Crippen LogP contribution is 2.34. The lowest BCUT2D eigenvalue weighted by Crippen LogP contribution is -1.98. The zero-order valence-corrected chi connectivity index (χ0v) is 16.6. The number of pyridine rings is 1. The van der Waals surface area contributed by atoms with Gasteiger partial charge in [0.25, 0.3) is 0 Å². The maximum Gasteiger partial charge on any atom is 0.216 e. The van der Waals surface area contributed by atoms with Gasteiger partial charge in [-0.2, -0.15) is 9.78 Å². The average molecular weight is 405 g/mol. The van der Waals surface area contributed by atoms with Crippen molar-refractivity contribution in [3.05, 3.63) is 109 Å². The van der Waals surface area contributed by atoms with Crippen LogP contribution in [0.3, 0.4) is 0 Å². The van der Waals surface area contributed by atoms with Crippen molar-refractivity contribution in [2.24, 2.45) is 0 Å². The Hall–Kier alpha value is -4.38. The van der Waals surface area contributed by atoms with Crippen LogP contribution in [-0.2, 0) is 0 Å². The summed E-state index contributed by atoms with van der Waals surface area (Å²) in [7, 11) is 0. The molecule has 0 unspecified atom stereocenters. The quantitative estimate of drug-likeness (QED) is 0.384. The topological polar surface area (TPSA) is 60.2 Å². The van der Waals surface area contributed by atoms with Gasteiger partial charge >= 0.3 is 0 Å². The second-order valence-electron chi connectivity index (χ2n) is 6.98. The Labute approximate surface area is 179 Å². The molecule has 31 heavy (non-hydrogen) atoms. The van der Waals surface area contributed by atoms with E-state index in [0.29, 0.717) is 11.5 Å². The third kappa shape index (κ3) is 3.89. The number of aromatic nitrogens is 3. The molecule has 0 atom stereocenters. The van der Waals surface area contributed by atoms with Crippen molar-refractivity contribution in [3.8, 4) is 45.6 Å². The Morgan fingerprint density at radius 3 is 2.19 bits per heavy atom. The molecule has 0 amide bonds. The first-order valence-corrected chi connectivity index (χ1v) is 9.91. The molecule has 0 radical (unpaired) electrons. The van der Waals surface area contributed by atoms with Gasteiger partial charge in [0.1, 0.15) is 11.5 Å². The molecular formula is C26H19N3O2. The van der Waals surface area contributed by atoms with Crippen LogP contribution < -0.4 is 4.74 Å². The van der Waals surface area contributed by atoms with E-state index in [-0.39, 0.29) is 5.88 Å². The molecule has 2 heterocycles. The van der Waals surface area contributed by atoms with E-state index in [2.05, 4.69) is 10.1 Å². The molecule has 0 aliphatic carbocycles. The summed E-state index contributed by atoms with van der Waals surface area (Å²) in [5.74, 6) is 2.19. The van der Waals surface area contributed by atoms with Crippen LogP contribution >= 0.6 is 0 Å². The fourth-order valence-electron chi connectivity index (χ4n) is 3.39. The average Bonchev–Trinajstić information content (AvgIpc) is 3.22. The number of ether oxygens (including phenoxy) is 1. The van der Waals surface area contributed by atoms with Gasteiger partial charge in [0, 0.05) is 23.4 Å². The summed E-state index contributed by atoms with van der Waals surface area (Å²) >= 11 is 0. The molecule has 5 rings (SSSR count).